The molecule has 3 N–H and O–H groups in total. The quantitative estimate of drug-likeness (QED) is 0.464. The first-order valence-corrected chi connectivity index (χ1v) is 4.89. The van der Waals surface area contributed by atoms with Crippen LogP contribution in [0.5, 0.6) is 0 Å². The molecule has 2 aliphatic rings. The highest BCUT2D eigenvalue weighted by Crippen LogP contribution is 2.38. The molecule has 2 saturated heterocycles. The average Bonchev–Trinajstić information content (AvgIpc) is 2.47. The van der Waals surface area contributed by atoms with Crippen LogP contribution in [-0.2, 0) is 14.2 Å². The first kappa shape index (κ1) is 11.3. The van der Waals surface area contributed by atoms with Gasteiger partial charge in [0.05, 0.1) is 6.61 Å². The Morgan fingerprint density at radius 2 is 1.80 bits per heavy atom. The van der Waals surface area contributed by atoms with Crippen molar-refractivity contribution in [2.75, 3.05) is 13.2 Å². The Balaban J connectivity index is 2.16. The molecular weight excluding hydrogens is 204 g/mol. The molecule has 0 aromatic carbocycles. The maximum atomic E-state index is 9.79. The molecule has 0 bridgehead atoms. The second kappa shape index (κ2) is 3.38. The van der Waals surface area contributed by atoms with Crippen molar-refractivity contribution < 1.29 is 29.5 Å². The number of aliphatic hydroxyl groups is 3. The molecule has 6 heteroatoms. The van der Waals surface area contributed by atoms with Gasteiger partial charge in [-0.25, -0.2) is 0 Å². The van der Waals surface area contributed by atoms with Gasteiger partial charge in [-0.1, -0.05) is 0 Å². The average molecular weight is 220 g/mol. The molecule has 2 heterocycles. The van der Waals surface area contributed by atoms with Crippen molar-refractivity contribution in [3.63, 3.8) is 0 Å². The summed E-state index contributed by atoms with van der Waals surface area (Å²) in [5.41, 5.74) is 0. The Labute approximate surface area is 87.4 Å². The van der Waals surface area contributed by atoms with Crippen molar-refractivity contribution in [2.45, 2.75) is 43.7 Å². The Morgan fingerprint density at radius 3 is 2.33 bits per heavy atom. The van der Waals surface area contributed by atoms with Crippen molar-refractivity contribution in [1.82, 2.24) is 0 Å². The van der Waals surface area contributed by atoms with Crippen molar-refractivity contribution in [2.24, 2.45) is 0 Å². The Morgan fingerprint density at radius 1 is 1.13 bits per heavy atom. The van der Waals surface area contributed by atoms with Crippen molar-refractivity contribution in [3.05, 3.63) is 0 Å². The number of aliphatic hydroxyl groups excluding tert-OH is 3. The molecule has 15 heavy (non-hydrogen) atoms. The summed E-state index contributed by atoms with van der Waals surface area (Å²) in [5.74, 6) is -2.22. The van der Waals surface area contributed by atoms with E-state index in [9.17, 15) is 15.3 Å². The molecule has 0 amide bonds. The van der Waals surface area contributed by atoms with Gasteiger partial charge in [0.15, 0.2) is 5.79 Å². The molecule has 0 unspecified atom stereocenters. The first-order valence-electron chi connectivity index (χ1n) is 4.89. The predicted molar refractivity (Wildman–Crippen MR) is 47.8 cm³/mol. The maximum Gasteiger partial charge on any atom is 0.224 e. The summed E-state index contributed by atoms with van der Waals surface area (Å²) < 4.78 is 16.0. The number of rotatable bonds is 0. The minimum absolute atomic E-state index is 0.0327. The van der Waals surface area contributed by atoms with E-state index >= 15 is 0 Å². The van der Waals surface area contributed by atoms with Crippen LogP contribution in [0.1, 0.15) is 13.8 Å². The van der Waals surface area contributed by atoms with Crippen molar-refractivity contribution in [3.8, 4) is 0 Å². The zero-order chi connectivity index (χ0) is 11.3. The largest absolute Gasteiger partial charge is 0.388 e. The number of ether oxygens (including phenoxy) is 3. The fourth-order valence-electron chi connectivity index (χ4n) is 1.85. The lowest BCUT2D eigenvalue weighted by molar-refractivity contribution is -0.337. The molecule has 2 aliphatic heterocycles. The van der Waals surface area contributed by atoms with Crippen molar-refractivity contribution >= 4 is 0 Å². The fourth-order valence-corrected chi connectivity index (χ4v) is 1.85. The second-order valence-corrected chi connectivity index (χ2v) is 4.42. The zero-order valence-corrected chi connectivity index (χ0v) is 8.71. The second-order valence-electron chi connectivity index (χ2n) is 4.42. The highest BCUT2D eigenvalue weighted by molar-refractivity contribution is 4.96. The molecule has 0 saturated carbocycles. The molecule has 88 valence electrons. The van der Waals surface area contributed by atoms with E-state index in [4.69, 9.17) is 14.2 Å². The van der Waals surface area contributed by atoms with Crippen LogP contribution < -0.4 is 0 Å². The van der Waals surface area contributed by atoms with Crippen LogP contribution in [0.25, 0.3) is 0 Å². The van der Waals surface area contributed by atoms with Crippen LogP contribution >= 0.6 is 0 Å². The summed E-state index contributed by atoms with van der Waals surface area (Å²) in [4.78, 5) is 0. The van der Waals surface area contributed by atoms with E-state index in [0.29, 0.717) is 0 Å². The predicted octanol–water partition coefficient (Wildman–Crippen LogP) is -1.42. The number of hydrogen-bond acceptors (Lipinski definition) is 6. The van der Waals surface area contributed by atoms with E-state index < -0.39 is 29.9 Å². The van der Waals surface area contributed by atoms with Gasteiger partial charge in [0.2, 0.25) is 5.79 Å². The van der Waals surface area contributed by atoms with Gasteiger partial charge in [0.1, 0.15) is 24.9 Å². The molecular formula is C9H16O6. The monoisotopic (exact) mass is 220 g/mol. The highest BCUT2D eigenvalue weighted by Gasteiger charge is 2.57. The Hall–Kier alpha value is -0.240. The van der Waals surface area contributed by atoms with Gasteiger partial charge in [0, 0.05) is 0 Å². The lowest BCUT2D eigenvalue weighted by Crippen LogP contribution is -2.62. The Bertz CT molecular complexity index is 255. The fraction of sp³-hybridized carbons (Fsp3) is 1.00. The van der Waals surface area contributed by atoms with Crippen LogP contribution in [0.15, 0.2) is 0 Å². The van der Waals surface area contributed by atoms with Crippen LogP contribution in [-0.4, -0.2) is 58.4 Å². The minimum atomic E-state index is -1.36. The molecule has 0 aromatic rings. The van der Waals surface area contributed by atoms with Gasteiger partial charge in [-0.3, -0.25) is 0 Å². The van der Waals surface area contributed by atoms with Crippen LogP contribution in [0.2, 0.25) is 0 Å². The summed E-state index contributed by atoms with van der Waals surface area (Å²) >= 11 is 0. The standard InChI is InChI=1S/C9H16O6/c1-8(2)14-4-9(15-8)7(12)6(11)5(10)3-13-9/h5-7,10-12H,3-4H2,1-2H3/t5-,6-,7+,9+/m0/s1. The normalized spacial score (nSPS) is 49.8. The third kappa shape index (κ3) is 1.77. The lowest BCUT2D eigenvalue weighted by Gasteiger charge is -2.41. The van der Waals surface area contributed by atoms with E-state index in [1.54, 1.807) is 13.8 Å². The SMILES string of the molecule is CC1(C)OC[C@@]2(OC[C@H](O)[C@H](O)[C@H]2O)O1. The van der Waals surface area contributed by atoms with Crippen LogP contribution in [0.3, 0.4) is 0 Å². The van der Waals surface area contributed by atoms with E-state index in [2.05, 4.69) is 0 Å². The third-order valence-electron chi connectivity index (χ3n) is 2.71. The molecule has 6 nitrogen and oxygen atoms in total. The minimum Gasteiger partial charge on any atom is -0.388 e. The third-order valence-corrected chi connectivity index (χ3v) is 2.71. The van der Waals surface area contributed by atoms with E-state index in [-0.39, 0.29) is 13.2 Å². The smallest absolute Gasteiger partial charge is 0.224 e. The summed E-state index contributed by atoms with van der Waals surface area (Å²) in [7, 11) is 0. The zero-order valence-electron chi connectivity index (χ0n) is 8.71. The molecule has 2 fully saturated rings. The molecule has 0 aromatic heterocycles. The molecule has 0 aliphatic carbocycles. The van der Waals surface area contributed by atoms with Gasteiger partial charge < -0.3 is 29.5 Å². The summed E-state index contributed by atoms with van der Waals surface area (Å²) in [6, 6.07) is 0. The van der Waals surface area contributed by atoms with Crippen molar-refractivity contribution in [1.29, 1.82) is 0 Å². The van der Waals surface area contributed by atoms with Gasteiger partial charge in [-0.15, -0.1) is 0 Å². The van der Waals surface area contributed by atoms with E-state index in [1.807, 2.05) is 0 Å². The van der Waals surface area contributed by atoms with Crippen LogP contribution in [0, 0.1) is 0 Å². The van der Waals surface area contributed by atoms with Gasteiger partial charge in [-0.2, -0.15) is 0 Å². The van der Waals surface area contributed by atoms with E-state index in [0.717, 1.165) is 0 Å². The topological polar surface area (TPSA) is 88.4 Å². The lowest BCUT2D eigenvalue weighted by atomic mass is 9.97. The van der Waals surface area contributed by atoms with Gasteiger partial charge >= 0.3 is 0 Å². The maximum absolute atomic E-state index is 9.79. The van der Waals surface area contributed by atoms with Crippen LogP contribution in [0.4, 0.5) is 0 Å². The molecule has 4 atom stereocenters. The molecule has 2 rings (SSSR count). The van der Waals surface area contributed by atoms with Gasteiger partial charge in [0.25, 0.3) is 0 Å². The summed E-state index contributed by atoms with van der Waals surface area (Å²) in [6.07, 6.45) is -3.70. The van der Waals surface area contributed by atoms with E-state index in [1.165, 1.54) is 0 Å². The summed E-state index contributed by atoms with van der Waals surface area (Å²) in [5, 5.41) is 28.6. The first-order chi connectivity index (χ1) is 6.86. The summed E-state index contributed by atoms with van der Waals surface area (Å²) in [6.45, 7) is 3.33. The molecule has 0 radical (unpaired) electrons. The van der Waals surface area contributed by atoms with Gasteiger partial charge in [-0.05, 0) is 13.8 Å². The Kier molecular flexibility index (Phi) is 2.53. The number of hydrogen-bond donors (Lipinski definition) is 3. The molecule has 1 spiro atoms. The highest BCUT2D eigenvalue weighted by atomic mass is 16.8.